The lowest BCUT2D eigenvalue weighted by atomic mass is 10.2. The molecule has 0 aliphatic rings. The van der Waals surface area contributed by atoms with Crippen LogP contribution in [0.5, 0.6) is 0 Å². The van der Waals surface area contributed by atoms with Crippen LogP contribution >= 0.6 is 0 Å². The molecule has 0 saturated carbocycles. The molecule has 0 aliphatic heterocycles. The second kappa shape index (κ2) is 8.69. The van der Waals surface area contributed by atoms with Crippen molar-refractivity contribution in [2.75, 3.05) is 37.7 Å². The molecular weight excluding hydrogens is 278 g/mol. The van der Waals surface area contributed by atoms with Crippen molar-refractivity contribution in [1.82, 2.24) is 4.90 Å². The van der Waals surface area contributed by atoms with E-state index in [0.717, 1.165) is 11.3 Å². The van der Waals surface area contributed by atoms with Crippen LogP contribution < -0.4 is 4.90 Å². The van der Waals surface area contributed by atoms with E-state index < -0.39 is 13.0 Å². The smallest absolute Gasteiger partial charge is 0.251 e. The monoisotopic (exact) mass is 300 g/mol. The minimum Gasteiger partial charge on any atom is -0.395 e. The molecule has 1 aromatic carbocycles. The maximum Gasteiger partial charge on any atom is 0.251 e. The van der Waals surface area contributed by atoms with Gasteiger partial charge in [-0.1, -0.05) is 18.2 Å². The second-order valence-corrected chi connectivity index (χ2v) is 4.77. The van der Waals surface area contributed by atoms with Gasteiger partial charge in [-0.25, -0.2) is 8.78 Å². The maximum absolute atomic E-state index is 12.5. The lowest BCUT2D eigenvalue weighted by Crippen LogP contribution is -2.43. The number of carbonyl (C=O) groups excluding carboxylic acids is 1. The highest BCUT2D eigenvalue weighted by Crippen LogP contribution is 2.19. The van der Waals surface area contributed by atoms with E-state index in [4.69, 9.17) is 5.11 Å². The number of alkyl halides is 2. The number of aliphatic hydroxyl groups is 1. The molecule has 0 unspecified atom stereocenters. The number of hydrogen-bond donors (Lipinski definition) is 1. The Hall–Kier alpha value is -1.53. The van der Waals surface area contributed by atoms with Crippen LogP contribution in [0.25, 0.3) is 0 Å². The molecule has 1 N–H and O–H groups in total. The molecule has 1 amide bonds. The van der Waals surface area contributed by atoms with Gasteiger partial charge in [0.15, 0.2) is 0 Å². The summed E-state index contributed by atoms with van der Waals surface area (Å²) in [5.74, 6) is -0.249. The molecule has 21 heavy (non-hydrogen) atoms. The molecule has 0 saturated heterocycles. The highest BCUT2D eigenvalue weighted by molar-refractivity contribution is 5.95. The van der Waals surface area contributed by atoms with Crippen molar-refractivity contribution < 1.29 is 18.7 Å². The van der Waals surface area contributed by atoms with E-state index in [0.29, 0.717) is 6.54 Å². The molecule has 0 spiro atoms. The lowest BCUT2D eigenvalue weighted by Gasteiger charge is -2.27. The number of nitrogens with zero attached hydrogens (tertiary/aromatic N) is 2. The number of carbonyl (C=O) groups is 1. The van der Waals surface area contributed by atoms with Crippen molar-refractivity contribution in [3.8, 4) is 0 Å². The Labute approximate surface area is 124 Å². The predicted molar refractivity (Wildman–Crippen MR) is 78.7 cm³/mol. The molecule has 118 valence electrons. The third kappa shape index (κ3) is 5.40. The Kier molecular flexibility index (Phi) is 7.25. The van der Waals surface area contributed by atoms with Gasteiger partial charge in [0.2, 0.25) is 5.91 Å². The van der Waals surface area contributed by atoms with E-state index in [1.165, 1.54) is 4.90 Å². The quantitative estimate of drug-likeness (QED) is 0.797. The number of aryl methyl sites for hydroxylation is 1. The van der Waals surface area contributed by atoms with E-state index in [9.17, 15) is 13.6 Å². The number of likely N-dealkylation sites (N-methyl/N-ethyl adjacent to an activating group) is 1. The van der Waals surface area contributed by atoms with Crippen LogP contribution in [0.3, 0.4) is 0 Å². The third-order valence-corrected chi connectivity index (χ3v) is 3.19. The standard InChI is InChI=1S/C15H22F2N2O2/c1-3-19(13-7-5-4-6-12(13)2)15(21)11-18(8-9-20)10-14(16)17/h4-7,14,20H,3,8-11H2,1-2H3. The van der Waals surface area contributed by atoms with Crippen LogP contribution in [-0.4, -0.2) is 55.1 Å². The molecule has 6 heteroatoms. The van der Waals surface area contributed by atoms with Gasteiger partial charge in [0.25, 0.3) is 6.43 Å². The van der Waals surface area contributed by atoms with Crippen molar-refractivity contribution in [1.29, 1.82) is 0 Å². The van der Waals surface area contributed by atoms with Gasteiger partial charge in [-0.15, -0.1) is 0 Å². The molecule has 0 atom stereocenters. The van der Waals surface area contributed by atoms with E-state index in [2.05, 4.69) is 0 Å². The van der Waals surface area contributed by atoms with Gasteiger partial charge in [-0.3, -0.25) is 9.69 Å². The fraction of sp³-hybridized carbons (Fsp3) is 0.533. The minimum atomic E-state index is -2.53. The van der Waals surface area contributed by atoms with Crippen LogP contribution in [0.15, 0.2) is 24.3 Å². The van der Waals surface area contributed by atoms with Gasteiger partial charge in [-0.05, 0) is 25.5 Å². The summed E-state index contributed by atoms with van der Waals surface area (Å²) < 4.78 is 25.0. The first-order valence-corrected chi connectivity index (χ1v) is 6.97. The third-order valence-electron chi connectivity index (χ3n) is 3.19. The van der Waals surface area contributed by atoms with Gasteiger partial charge < -0.3 is 10.0 Å². The number of aliphatic hydroxyl groups excluding tert-OH is 1. The molecule has 0 aliphatic carbocycles. The summed E-state index contributed by atoms with van der Waals surface area (Å²) in [6, 6.07) is 7.45. The predicted octanol–water partition coefficient (Wildman–Crippen LogP) is 1.91. The molecule has 0 bridgehead atoms. The zero-order valence-electron chi connectivity index (χ0n) is 12.4. The largest absolute Gasteiger partial charge is 0.395 e. The summed E-state index contributed by atoms with van der Waals surface area (Å²) in [5, 5.41) is 8.91. The number of benzene rings is 1. The average Bonchev–Trinajstić information content (AvgIpc) is 2.41. The fourth-order valence-corrected chi connectivity index (χ4v) is 2.20. The van der Waals surface area contributed by atoms with Gasteiger partial charge in [0, 0.05) is 18.8 Å². The number of para-hydroxylation sites is 1. The Morgan fingerprint density at radius 1 is 1.33 bits per heavy atom. The molecule has 1 rings (SSSR count). The van der Waals surface area contributed by atoms with Gasteiger partial charge >= 0.3 is 0 Å². The Bertz CT molecular complexity index is 455. The van der Waals surface area contributed by atoms with E-state index >= 15 is 0 Å². The van der Waals surface area contributed by atoms with Gasteiger partial charge in [-0.2, -0.15) is 0 Å². The van der Waals surface area contributed by atoms with E-state index in [-0.39, 0.29) is 25.6 Å². The SMILES string of the molecule is CCN(C(=O)CN(CCO)CC(F)F)c1ccccc1C. The molecular formula is C15H22F2N2O2. The zero-order valence-corrected chi connectivity index (χ0v) is 12.4. The van der Waals surface area contributed by atoms with Crippen LogP contribution in [0.1, 0.15) is 12.5 Å². The van der Waals surface area contributed by atoms with E-state index in [1.807, 2.05) is 38.1 Å². The van der Waals surface area contributed by atoms with Crippen molar-refractivity contribution in [3.05, 3.63) is 29.8 Å². The summed E-state index contributed by atoms with van der Waals surface area (Å²) in [6.45, 7) is 3.36. The minimum absolute atomic E-state index is 0.0570. The summed E-state index contributed by atoms with van der Waals surface area (Å²) in [5.41, 5.74) is 1.74. The molecule has 0 heterocycles. The number of amides is 1. The van der Waals surface area contributed by atoms with Crippen LogP contribution in [0.2, 0.25) is 0 Å². The number of hydrogen-bond acceptors (Lipinski definition) is 3. The summed E-state index contributed by atoms with van der Waals surface area (Å²) in [4.78, 5) is 15.2. The number of rotatable bonds is 8. The number of halogens is 2. The fourth-order valence-electron chi connectivity index (χ4n) is 2.20. The van der Waals surface area contributed by atoms with Crippen LogP contribution in [-0.2, 0) is 4.79 Å². The summed E-state index contributed by atoms with van der Waals surface area (Å²) in [7, 11) is 0. The highest BCUT2D eigenvalue weighted by Gasteiger charge is 2.20. The average molecular weight is 300 g/mol. The van der Waals surface area contributed by atoms with Gasteiger partial charge in [0.05, 0.1) is 19.7 Å². The highest BCUT2D eigenvalue weighted by atomic mass is 19.3. The second-order valence-electron chi connectivity index (χ2n) is 4.77. The number of anilines is 1. The van der Waals surface area contributed by atoms with E-state index in [1.54, 1.807) is 4.90 Å². The maximum atomic E-state index is 12.5. The zero-order chi connectivity index (χ0) is 15.8. The van der Waals surface area contributed by atoms with Crippen molar-refractivity contribution in [2.45, 2.75) is 20.3 Å². The molecule has 0 aromatic heterocycles. The van der Waals surface area contributed by atoms with Crippen molar-refractivity contribution >= 4 is 11.6 Å². The summed E-state index contributed by atoms with van der Waals surface area (Å²) >= 11 is 0. The van der Waals surface area contributed by atoms with Crippen molar-refractivity contribution in [2.24, 2.45) is 0 Å². The summed E-state index contributed by atoms with van der Waals surface area (Å²) in [6.07, 6.45) is -2.53. The van der Waals surface area contributed by atoms with Gasteiger partial charge in [0.1, 0.15) is 0 Å². The molecule has 0 fully saturated rings. The van der Waals surface area contributed by atoms with Crippen LogP contribution in [0, 0.1) is 6.92 Å². The topological polar surface area (TPSA) is 43.8 Å². The normalized spacial score (nSPS) is 11.2. The lowest BCUT2D eigenvalue weighted by molar-refractivity contribution is -0.120. The van der Waals surface area contributed by atoms with Crippen LogP contribution in [0.4, 0.5) is 14.5 Å². The Morgan fingerprint density at radius 2 is 2.00 bits per heavy atom. The molecule has 4 nitrogen and oxygen atoms in total. The Balaban J connectivity index is 2.81. The first-order valence-electron chi connectivity index (χ1n) is 6.97. The first kappa shape index (κ1) is 17.5. The Morgan fingerprint density at radius 3 is 2.52 bits per heavy atom. The molecule has 0 radical (unpaired) electrons. The molecule has 1 aromatic rings. The first-order chi connectivity index (χ1) is 9.99. The van der Waals surface area contributed by atoms with Crippen molar-refractivity contribution in [3.63, 3.8) is 0 Å².